The lowest BCUT2D eigenvalue weighted by Gasteiger charge is -2.23. The molecule has 2 N–H and O–H groups in total. The van der Waals surface area contributed by atoms with Gasteiger partial charge in [0.25, 0.3) is 0 Å². The molecule has 0 bridgehead atoms. The number of carbonyl (C=O) groups is 2. The summed E-state index contributed by atoms with van der Waals surface area (Å²) in [6.45, 7) is 9.65. The Kier molecular flexibility index (Phi) is 6.27. The Bertz CT molecular complexity index is 509. The van der Waals surface area contributed by atoms with Crippen molar-refractivity contribution < 1.29 is 9.59 Å². The molecule has 21 heavy (non-hydrogen) atoms. The van der Waals surface area contributed by atoms with Crippen LogP contribution in [0.3, 0.4) is 0 Å². The lowest BCUT2D eigenvalue weighted by Crippen LogP contribution is -2.45. The average Bonchev–Trinajstić information content (AvgIpc) is 2.32. The van der Waals surface area contributed by atoms with Crippen LogP contribution in [0.25, 0.3) is 0 Å². The highest BCUT2D eigenvalue weighted by Crippen LogP contribution is 2.24. The number of nitrogens with one attached hydrogen (secondary N) is 2. The number of anilines is 1. The van der Waals surface area contributed by atoms with Gasteiger partial charge in [0.15, 0.2) is 0 Å². The van der Waals surface area contributed by atoms with Crippen LogP contribution in [0, 0.1) is 6.92 Å². The van der Waals surface area contributed by atoms with Crippen LogP contribution >= 0.6 is 11.8 Å². The second-order valence-electron chi connectivity index (χ2n) is 6.04. The molecule has 0 radical (unpaired) electrons. The van der Waals surface area contributed by atoms with E-state index >= 15 is 0 Å². The molecule has 4 nitrogen and oxygen atoms in total. The van der Waals surface area contributed by atoms with Crippen LogP contribution in [-0.2, 0) is 9.59 Å². The minimum atomic E-state index is -0.535. The smallest absolute Gasteiger partial charge is 0.247 e. The van der Waals surface area contributed by atoms with E-state index in [9.17, 15) is 9.59 Å². The summed E-state index contributed by atoms with van der Waals surface area (Å²) in [6.07, 6.45) is 0. The third-order valence-electron chi connectivity index (χ3n) is 2.66. The highest BCUT2D eigenvalue weighted by Gasteiger charge is 2.22. The molecule has 1 aromatic carbocycles. The van der Waals surface area contributed by atoms with Gasteiger partial charge in [-0.1, -0.05) is 32.9 Å². The van der Waals surface area contributed by atoms with Crippen LogP contribution < -0.4 is 10.6 Å². The molecule has 0 saturated carbocycles. The fraction of sp³-hybridized carbons (Fsp3) is 0.500. The van der Waals surface area contributed by atoms with Gasteiger partial charge in [-0.05, 0) is 24.6 Å². The molecule has 1 atom stereocenters. The molecule has 116 valence electrons. The number of hydrogen-bond donors (Lipinski definition) is 2. The van der Waals surface area contributed by atoms with Crippen LogP contribution in [0.5, 0.6) is 0 Å². The molecule has 0 fully saturated rings. The van der Waals surface area contributed by atoms with Gasteiger partial charge in [-0.2, -0.15) is 11.8 Å². The molecule has 0 aliphatic carbocycles. The topological polar surface area (TPSA) is 58.2 Å². The summed E-state index contributed by atoms with van der Waals surface area (Å²) in [5.41, 5.74) is 1.82. The zero-order valence-electron chi connectivity index (χ0n) is 13.3. The summed E-state index contributed by atoms with van der Waals surface area (Å²) in [4.78, 5) is 23.6. The summed E-state index contributed by atoms with van der Waals surface area (Å²) in [5.74, 6) is 0.155. The minimum absolute atomic E-state index is 0.0420. The summed E-state index contributed by atoms with van der Waals surface area (Å²) in [6, 6.07) is 7.07. The highest BCUT2D eigenvalue weighted by molar-refractivity contribution is 8.00. The first-order valence-corrected chi connectivity index (χ1v) is 7.94. The zero-order valence-corrected chi connectivity index (χ0v) is 14.1. The largest absolute Gasteiger partial charge is 0.344 e. The van der Waals surface area contributed by atoms with E-state index in [1.54, 1.807) is 11.8 Å². The van der Waals surface area contributed by atoms with Gasteiger partial charge < -0.3 is 10.6 Å². The number of carbonyl (C=O) groups excluding carboxylic acids is 2. The normalized spacial score (nSPS) is 12.6. The molecule has 0 spiro atoms. The highest BCUT2D eigenvalue weighted by atomic mass is 32.2. The number of benzene rings is 1. The average molecular weight is 308 g/mol. The van der Waals surface area contributed by atoms with E-state index in [0.29, 0.717) is 5.75 Å². The maximum absolute atomic E-state index is 12.3. The van der Waals surface area contributed by atoms with Crippen molar-refractivity contribution in [3.05, 3.63) is 29.8 Å². The van der Waals surface area contributed by atoms with Gasteiger partial charge in [-0.15, -0.1) is 0 Å². The Morgan fingerprint density at radius 3 is 2.48 bits per heavy atom. The van der Waals surface area contributed by atoms with Gasteiger partial charge in [0.2, 0.25) is 11.8 Å². The predicted molar refractivity (Wildman–Crippen MR) is 89.6 cm³/mol. The number of aryl methyl sites for hydroxylation is 1. The van der Waals surface area contributed by atoms with Crippen LogP contribution in [-0.4, -0.2) is 28.4 Å². The molecule has 0 heterocycles. The molecule has 1 unspecified atom stereocenters. The van der Waals surface area contributed by atoms with Crippen molar-refractivity contribution in [3.63, 3.8) is 0 Å². The van der Waals surface area contributed by atoms with Crippen molar-refractivity contribution in [1.82, 2.24) is 5.32 Å². The van der Waals surface area contributed by atoms with Crippen molar-refractivity contribution in [2.24, 2.45) is 0 Å². The number of amides is 2. The Balaban J connectivity index is 2.72. The van der Waals surface area contributed by atoms with Crippen LogP contribution in [0.4, 0.5) is 5.69 Å². The Morgan fingerprint density at radius 2 is 1.95 bits per heavy atom. The van der Waals surface area contributed by atoms with E-state index < -0.39 is 6.04 Å². The summed E-state index contributed by atoms with van der Waals surface area (Å²) in [5, 5.41) is 5.57. The number of thioether (sulfide) groups is 1. The fourth-order valence-corrected chi connectivity index (χ4v) is 2.62. The Hall–Kier alpha value is -1.49. The van der Waals surface area contributed by atoms with E-state index in [4.69, 9.17) is 0 Å². The molecule has 2 amide bonds. The van der Waals surface area contributed by atoms with E-state index in [1.165, 1.54) is 6.92 Å². The van der Waals surface area contributed by atoms with Crippen molar-refractivity contribution in [3.8, 4) is 0 Å². The maximum atomic E-state index is 12.3. The Labute approximate surface area is 131 Å². The van der Waals surface area contributed by atoms with Gasteiger partial charge >= 0.3 is 0 Å². The molecule has 0 aliphatic rings. The number of rotatable bonds is 5. The quantitative estimate of drug-likeness (QED) is 0.879. The van der Waals surface area contributed by atoms with Crippen LogP contribution in [0.2, 0.25) is 0 Å². The van der Waals surface area contributed by atoms with E-state index in [2.05, 4.69) is 31.4 Å². The molecule has 0 aromatic heterocycles. The summed E-state index contributed by atoms with van der Waals surface area (Å²) < 4.78 is 0.0420. The van der Waals surface area contributed by atoms with Gasteiger partial charge in [0, 0.05) is 23.1 Å². The van der Waals surface area contributed by atoms with Crippen molar-refractivity contribution in [2.45, 2.75) is 45.4 Å². The predicted octanol–water partition coefficient (Wildman–Crippen LogP) is 2.97. The fourth-order valence-electron chi connectivity index (χ4n) is 1.71. The van der Waals surface area contributed by atoms with Crippen molar-refractivity contribution in [1.29, 1.82) is 0 Å². The van der Waals surface area contributed by atoms with Gasteiger partial charge in [-0.3, -0.25) is 9.59 Å². The van der Waals surface area contributed by atoms with Crippen LogP contribution in [0.15, 0.2) is 24.3 Å². The van der Waals surface area contributed by atoms with Gasteiger partial charge in [-0.25, -0.2) is 0 Å². The van der Waals surface area contributed by atoms with Crippen LogP contribution in [0.1, 0.15) is 33.3 Å². The molecule has 0 aliphatic heterocycles. The first-order chi connectivity index (χ1) is 9.67. The molecular weight excluding hydrogens is 284 g/mol. The molecule has 5 heteroatoms. The van der Waals surface area contributed by atoms with Crippen molar-refractivity contribution >= 4 is 29.3 Å². The first-order valence-electron chi connectivity index (χ1n) is 6.96. The maximum Gasteiger partial charge on any atom is 0.247 e. The summed E-state index contributed by atoms with van der Waals surface area (Å²) >= 11 is 1.65. The molecule has 0 saturated heterocycles. The van der Waals surface area contributed by atoms with Crippen molar-refractivity contribution in [2.75, 3.05) is 11.1 Å². The SMILES string of the molecule is CC(=O)NC(CSC(C)(C)C)C(=O)Nc1cccc(C)c1. The van der Waals surface area contributed by atoms with E-state index in [-0.39, 0.29) is 16.6 Å². The molecule has 1 rings (SSSR count). The third-order valence-corrected chi connectivity index (χ3v) is 4.03. The molecule has 1 aromatic rings. The minimum Gasteiger partial charge on any atom is -0.344 e. The van der Waals surface area contributed by atoms with E-state index in [1.807, 2.05) is 31.2 Å². The third kappa shape index (κ3) is 7.18. The monoisotopic (exact) mass is 308 g/mol. The van der Waals surface area contributed by atoms with E-state index in [0.717, 1.165) is 11.3 Å². The summed E-state index contributed by atoms with van der Waals surface area (Å²) in [7, 11) is 0. The lowest BCUT2D eigenvalue weighted by atomic mass is 10.2. The van der Waals surface area contributed by atoms with Gasteiger partial charge in [0.05, 0.1) is 0 Å². The lowest BCUT2D eigenvalue weighted by molar-refractivity contribution is -0.124. The zero-order chi connectivity index (χ0) is 16.0. The second kappa shape index (κ2) is 7.50. The van der Waals surface area contributed by atoms with Gasteiger partial charge in [0.1, 0.15) is 6.04 Å². The standard InChI is InChI=1S/C16H24N2O2S/c1-11-7-6-8-13(9-11)18-15(20)14(17-12(2)19)10-21-16(3,4)5/h6-9,14H,10H2,1-5H3,(H,17,19)(H,18,20). The number of hydrogen-bond acceptors (Lipinski definition) is 3. The Morgan fingerprint density at radius 1 is 1.29 bits per heavy atom. The second-order valence-corrected chi connectivity index (χ2v) is 7.88. The molecular formula is C16H24N2O2S. The first kappa shape index (κ1) is 17.6.